The molecule has 2 saturated heterocycles. The van der Waals surface area contributed by atoms with E-state index in [0.717, 1.165) is 105 Å². The maximum atomic E-state index is 14.3. The Labute approximate surface area is 397 Å². The number of aromatic nitrogens is 2. The molecule has 8 rings (SSSR count). The Balaban J connectivity index is 0.926. The summed E-state index contributed by atoms with van der Waals surface area (Å²) in [6.07, 6.45) is 10.5. The molecule has 0 unspecified atom stereocenters. The van der Waals surface area contributed by atoms with E-state index in [1.165, 1.54) is 0 Å². The maximum Gasteiger partial charge on any atom is 0.250 e. The molecule has 11 heteroatoms. The number of hydrogen-bond donors (Lipinski definition) is 1. The van der Waals surface area contributed by atoms with Crippen molar-refractivity contribution < 1.29 is 19.2 Å². The van der Waals surface area contributed by atoms with Crippen LogP contribution >= 0.6 is 22.7 Å². The molecule has 0 radical (unpaired) electrons. The number of carbonyl (C=O) groups is 4. The molecule has 6 aromatic rings. The molecule has 342 valence electrons. The van der Waals surface area contributed by atoms with Crippen molar-refractivity contribution in [1.82, 2.24) is 25.1 Å². The van der Waals surface area contributed by atoms with Crippen molar-refractivity contribution in [3.8, 4) is 32.0 Å². The second-order valence-electron chi connectivity index (χ2n) is 17.7. The lowest BCUT2D eigenvalue weighted by atomic mass is 9.86. The van der Waals surface area contributed by atoms with Crippen molar-refractivity contribution in [3.63, 3.8) is 0 Å². The van der Waals surface area contributed by atoms with E-state index in [9.17, 15) is 19.2 Å². The topological polar surface area (TPSA) is 113 Å². The third-order valence-electron chi connectivity index (χ3n) is 13.7. The summed E-state index contributed by atoms with van der Waals surface area (Å²) in [5.41, 5.74) is 6.04. The van der Waals surface area contributed by atoms with Gasteiger partial charge in [-0.1, -0.05) is 137 Å². The number of benzene rings is 4. The maximum absolute atomic E-state index is 14.3. The summed E-state index contributed by atoms with van der Waals surface area (Å²) in [6.45, 7) is 9.40. The van der Waals surface area contributed by atoms with Crippen LogP contribution in [0.5, 0.6) is 0 Å². The quantitative estimate of drug-likeness (QED) is 0.0919. The average Bonchev–Trinajstić information content (AvgIpc) is 4.22. The van der Waals surface area contributed by atoms with E-state index in [0.29, 0.717) is 13.1 Å². The number of rotatable bonds is 18. The molecule has 2 aromatic heterocycles. The number of hydrogen-bond acceptors (Lipinski definition) is 8. The van der Waals surface area contributed by atoms with Crippen LogP contribution < -0.4 is 5.32 Å². The summed E-state index contributed by atoms with van der Waals surface area (Å²) in [5.74, 6) is -0.650. The van der Waals surface area contributed by atoms with Crippen molar-refractivity contribution in [2.45, 2.75) is 110 Å². The van der Waals surface area contributed by atoms with Crippen LogP contribution in [0.25, 0.3) is 32.0 Å². The first-order chi connectivity index (χ1) is 32.2. The molecular weight excluding hydrogens is 859 g/mol. The molecule has 2 fully saturated rings. The minimum absolute atomic E-state index is 0.0195. The molecule has 3 amide bonds. The van der Waals surface area contributed by atoms with Crippen LogP contribution in [0.2, 0.25) is 0 Å². The number of amides is 3. The first-order valence-corrected chi connectivity index (χ1v) is 25.5. The summed E-state index contributed by atoms with van der Waals surface area (Å²) in [6, 6.07) is 35.5. The number of likely N-dealkylation sites (tertiary alicyclic amines) is 2. The van der Waals surface area contributed by atoms with Gasteiger partial charge in [-0.25, -0.2) is 9.97 Å². The zero-order valence-corrected chi connectivity index (χ0v) is 40.2. The Bertz CT molecular complexity index is 2390. The minimum Gasteiger partial charge on any atom is -0.340 e. The highest BCUT2D eigenvalue weighted by Crippen LogP contribution is 2.42. The highest BCUT2D eigenvalue weighted by Gasteiger charge is 2.39. The van der Waals surface area contributed by atoms with Gasteiger partial charge < -0.3 is 15.1 Å². The van der Waals surface area contributed by atoms with Crippen LogP contribution in [-0.2, 0) is 19.2 Å². The second kappa shape index (κ2) is 21.7. The smallest absolute Gasteiger partial charge is 0.250 e. The van der Waals surface area contributed by atoms with Crippen molar-refractivity contribution in [3.05, 3.63) is 143 Å². The van der Waals surface area contributed by atoms with E-state index >= 15 is 0 Å². The van der Waals surface area contributed by atoms with Crippen LogP contribution in [0.4, 0.5) is 0 Å². The fourth-order valence-electron chi connectivity index (χ4n) is 9.74. The van der Waals surface area contributed by atoms with Gasteiger partial charge in [0.15, 0.2) is 0 Å². The summed E-state index contributed by atoms with van der Waals surface area (Å²) < 4.78 is 0. The van der Waals surface area contributed by atoms with Gasteiger partial charge >= 0.3 is 0 Å². The zero-order valence-electron chi connectivity index (χ0n) is 38.5. The highest BCUT2D eigenvalue weighted by molar-refractivity contribution is 7.15. The SMILES string of the molecule is CCC(CC)C(=O)C[C@@H](C(=O)N1CCC[C@H]1c1ncc(-c2ccc(-c3ccc(-c4cnc([C@@H]5CCCN5C(=O)[C@H](NC(=O)C(CC)CC)c5ccccc5)s4)cc3)cc2)s1)c1ccccc1. The van der Waals surface area contributed by atoms with Crippen molar-refractivity contribution in [2.75, 3.05) is 13.1 Å². The molecule has 0 spiro atoms. The highest BCUT2D eigenvalue weighted by atomic mass is 32.1. The summed E-state index contributed by atoms with van der Waals surface area (Å²) in [4.78, 5) is 71.0. The zero-order chi connectivity index (χ0) is 46.2. The molecular formula is C55H61N5O4S2. The summed E-state index contributed by atoms with van der Waals surface area (Å²) >= 11 is 3.27. The summed E-state index contributed by atoms with van der Waals surface area (Å²) in [7, 11) is 0. The van der Waals surface area contributed by atoms with Gasteiger partial charge in [-0.15, -0.1) is 22.7 Å². The first kappa shape index (κ1) is 46.7. The Morgan fingerprint density at radius 2 is 1.02 bits per heavy atom. The lowest BCUT2D eigenvalue weighted by Gasteiger charge is -2.29. The van der Waals surface area contributed by atoms with E-state index in [1.807, 2.05) is 111 Å². The van der Waals surface area contributed by atoms with Gasteiger partial charge in [-0.05, 0) is 84.7 Å². The van der Waals surface area contributed by atoms with Gasteiger partial charge in [0.25, 0.3) is 0 Å². The standard InChI is InChI=1S/C55H61N5O4S2/c1-5-36(6-2)47(61)33-44(40-17-11-9-12-18-40)54(63)59-31-15-21-45(59)52-56-34-48(65-52)41-27-23-38(24-28-41)39-25-29-42(30-26-39)49-35-57-53(66-49)46-22-16-32-60(46)55(64)50(43-19-13-10-14-20-43)58-51(62)37(7-3)8-4/h9-14,17-20,23-30,34-37,44-46,50H,5-8,15-16,21-22,31-33H2,1-4H3,(H,58,62)/t44-,45+,46+,50-/m1/s1. The van der Waals surface area contributed by atoms with Crippen LogP contribution in [0.3, 0.4) is 0 Å². The molecule has 0 saturated carbocycles. The third kappa shape index (κ3) is 10.3. The Morgan fingerprint density at radius 3 is 1.48 bits per heavy atom. The van der Waals surface area contributed by atoms with E-state index in [-0.39, 0.29) is 53.8 Å². The lowest BCUT2D eigenvalue weighted by molar-refractivity contribution is -0.138. The average molecular weight is 920 g/mol. The predicted molar refractivity (Wildman–Crippen MR) is 266 cm³/mol. The predicted octanol–water partition coefficient (Wildman–Crippen LogP) is 12.4. The van der Waals surface area contributed by atoms with Crippen LogP contribution in [0.15, 0.2) is 122 Å². The fourth-order valence-corrected chi connectivity index (χ4v) is 11.9. The summed E-state index contributed by atoms with van der Waals surface area (Å²) in [5, 5.41) is 4.95. The lowest BCUT2D eigenvalue weighted by Crippen LogP contribution is -2.44. The molecule has 66 heavy (non-hydrogen) atoms. The number of Topliss-reactive ketones (excluding diaryl/α,β-unsaturated/α-hetero) is 1. The normalized spacial score (nSPS) is 17.1. The minimum atomic E-state index is -0.748. The monoisotopic (exact) mass is 919 g/mol. The van der Waals surface area contributed by atoms with Gasteiger partial charge in [0.05, 0.1) is 27.8 Å². The molecule has 0 aliphatic carbocycles. The van der Waals surface area contributed by atoms with E-state index in [2.05, 4.69) is 53.8 Å². The van der Waals surface area contributed by atoms with Crippen LogP contribution in [0.1, 0.15) is 131 Å². The Morgan fingerprint density at radius 1 is 0.576 bits per heavy atom. The van der Waals surface area contributed by atoms with E-state index < -0.39 is 12.0 Å². The molecule has 2 aliphatic rings. The number of ketones is 1. The second-order valence-corrected chi connectivity index (χ2v) is 19.8. The molecule has 2 aliphatic heterocycles. The van der Waals surface area contributed by atoms with Gasteiger partial charge in [0.1, 0.15) is 21.8 Å². The molecule has 1 N–H and O–H groups in total. The third-order valence-corrected chi connectivity index (χ3v) is 16.0. The molecule has 4 heterocycles. The largest absolute Gasteiger partial charge is 0.340 e. The van der Waals surface area contributed by atoms with Crippen LogP contribution in [-0.4, -0.2) is 56.4 Å². The van der Waals surface area contributed by atoms with E-state index in [1.54, 1.807) is 22.7 Å². The Kier molecular flexibility index (Phi) is 15.4. The van der Waals surface area contributed by atoms with Gasteiger partial charge in [0, 0.05) is 43.7 Å². The Hall–Kier alpha value is -5.78. The van der Waals surface area contributed by atoms with Gasteiger partial charge in [0.2, 0.25) is 17.7 Å². The number of nitrogens with one attached hydrogen (secondary N) is 1. The van der Waals surface area contributed by atoms with Gasteiger partial charge in [-0.2, -0.15) is 0 Å². The first-order valence-electron chi connectivity index (χ1n) is 23.9. The number of thiazole rings is 2. The molecule has 4 atom stereocenters. The molecule has 9 nitrogen and oxygen atoms in total. The van der Waals surface area contributed by atoms with Crippen LogP contribution in [0, 0.1) is 11.8 Å². The van der Waals surface area contributed by atoms with Crippen molar-refractivity contribution >= 4 is 46.2 Å². The molecule has 0 bridgehead atoms. The molecule has 4 aromatic carbocycles. The van der Waals surface area contributed by atoms with Crippen molar-refractivity contribution in [2.24, 2.45) is 11.8 Å². The van der Waals surface area contributed by atoms with E-state index in [4.69, 9.17) is 9.97 Å². The van der Waals surface area contributed by atoms with Gasteiger partial charge in [-0.3, -0.25) is 19.2 Å². The van der Waals surface area contributed by atoms with Crippen molar-refractivity contribution in [1.29, 1.82) is 0 Å². The number of nitrogens with zero attached hydrogens (tertiary/aromatic N) is 4. The number of carbonyl (C=O) groups excluding carboxylic acids is 4. The fraction of sp³-hybridized carbons (Fsp3) is 0.382.